The summed E-state index contributed by atoms with van der Waals surface area (Å²) in [6.45, 7) is 13.2. The summed E-state index contributed by atoms with van der Waals surface area (Å²) in [4.78, 5) is 0. The normalized spacial score (nSPS) is 32.6. The van der Waals surface area contributed by atoms with Gasteiger partial charge in [0.25, 0.3) is 0 Å². The highest BCUT2D eigenvalue weighted by Crippen LogP contribution is 2.28. The van der Waals surface area contributed by atoms with Crippen LogP contribution in [0.4, 0.5) is 0 Å². The van der Waals surface area contributed by atoms with Crippen LogP contribution in [0.3, 0.4) is 0 Å². The fourth-order valence-electron chi connectivity index (χ4n) is 2.21. The van der Waals surface area contributed by atoms with Crippen molar-refractivity contribution in [2.75, 3.05) is 6.61 Å². The Balaban J connectivity index is 2.56. The Labute approximate surface area is 99.5 Å². The van der Waals surface area contributed by atoms with E-state index in [-0.39, 0.29) is 30.5 Å². The van der Waals surface area contributed by atoms with E-state index in [1.165, 1.54) is 0 Å². The fraction of sp³-hybridized carbons (Fsp3) is 1.00. The van der Waals surface area contributed by atoms with Crippen LogP contribution in [0, 0.1) is 5.92 Å². The van der Waals surface area contributed by atoms with Crippen molar-refractivity contribution in [1.29, 1.82) is 0 Å². The maximum Gasteiger partial charge on any atom is 0.110 e. The minimum absolute atomic E-state index is 0.0693. The lowest BCUT2D eigenvalue weighted by Crippen LogP contribution is -2.40. The summed E-state index contributed by atoms with van der Waals surface area (Å²) in [5.74, 6) is 0.450. The summed E-state index contributed by atoms with van der Waals surface area (Å²) in [6, 6.07) is 0. The highest BCUT2D eigenvalue weighted by Gasteiger charge is 2.39. The van der Waals surface area contributed by atoms with Gasteiger partial charge in [0.2, 0.25) is 0 Å². The van der Waals surface area contributed by atoms with Crippen LogP contribution in [0.1, 0.15) is 41.5 Å². The zero-order chi connectivity index (χ0) is 12.3. The second-order valence-electron chi connectivity index (χ2n) is 5.31. The molecule has 1 heterocycles. The van der Waals surface area contributed by atoms with Gasteiger partial charge in [-0.1, -0.05) is 6.92 Å². The molecule has 1 saturated heterocycles. The lowest BCUT2D eigenvalue weighted by Gasteiger charge is -2.29. The summed E-state index contributed by atoms with van der Waals surface area (Å²) in [5.41, 5.74) is 0. The molecule has 1 rings (SSSR count). The first kappa shape index (κ1) is 13.9. The quantitative estimate of drug-likeness (QED) is 0.726. The van der Waals surface area contributed by atoms with Crippen LogP contribution >= 0.6 is 0 Å². The molecular formula is C13H26O3. The highest BCUT2D eigenvalue weighted by atomic mass is 16.6. The van der Waals surface area contributed by atoms with Gasteiger partial charge in [-0.3, -0.25) is 0 Å². The van der Waals surface area contributed by atoms with Crippen molar-refractivity contribution in [1.82, 2.24) is 0 Å². The van der Waals surface area contributed by atoms with Crippen LogP contribution in [0.15, 0.2) is 0 Å². The molecule has 4 atom stereocenters. The van der Waals surface area contributed by atoms with Gasteiger partial charge in [-0.2, -0.15) is 0 Å². The molecule has 3 nitrogen and oxygen atoms in total. The van der Waals surface area contributed by atoms with Crippen molar-refractivity contribution in [2.45, 2.75) is 72.1 Å². The van der Waals surface area contributed by atoms with Crippen molar-refractivity contribution >= 4 is 0 Å². The van der Waals surface area contributed by atoms with Crippen LogP contribution in [-0.4, -0.2) is 37.1 Å². The van der Waals surface area contributed by atoms with E-state index in [4.69, 9.17) is 14.2 Å². The van der Waals surface area contributed by atoms with E-state index < -0.39 is 0 Å². The zero-order valence-electron chi connectivity index (χ0n) is 11.4. The SMILES string of the molecule is CC(C)OC(C)[C@H]1OCC(C)[C@H]1OC(C)C. The van der Waals surface area contributed by atoms with Crippen molar-refractivity contribution in [2.24, 2.45) is 5.92 Å². The molecule has 0 aromatic rings. The molecular weight excluding hydrogens is 204 g/mol. The number of rotatable bonds is 5. The molecule has 0 spiro atoms. The topological polar surface area (TPSA) is 27.7 Å². The molecule has 3 heteroatoms. The van der Waals surface area contributed by atoms with Crippen LogP contribution in [-0.2, 0) is 14.2 Å². The predicted molar refractivity (Wildman–Crippen MR) is 64.6 cm³/mol. The van der Waals surface area contributed by atoms with Gasteiger partial charge in [-0.25, -0.2) is 0 Å². The number of hydrogen-bond donors (Lipinski definition) is 0. The van der Waals surface area contributed by atoms with Gasteiger partial charge in [0, 0.05) is 5.92 Å². The molecule has 0 aromatic heterocycles. The van der Waals surface area contributed by atoms with E-state index in [1.54, 1.807) is 0 Å². The van der Waals surface area contributed by atoms with E-state index >= 15 is 0 Å². The molecule has 0 radical (unpaired) electrons. The van der Waals surface area contributed by atoms with Gasteiger partial charge >= 0.3 is 0 Å². The molecule has 96 valence electrons. The first-order valence-corrected chi connectivity index (χ1v) is 6.34. The third-order valence-corrected chi connectivity index (χ3v) is 2.81. The lowest BCUT2D eigenvalue weighted by atomic mass is 10.0. The van der Waals surface area contributed by atoms with Gasteiger partial charge in [0.15, 0.2) is 0 Å². The van der Waals surface area contributed by atoms with Gasteiger partial charge in [-0.15, -0.1) is 0 Å². The summed E-state index contributed by atoms with van der Waals surface area (Å²) < 4.78 is 17.5. The Hall–Kier alpha value is -0.120. The largest absolute Gasteiger partial charge is 0.373 e. The van der Waals surface area contributed by atoms with E-state index in [0.29, 0.717) is 5.92 Å². The Morgan fingerprint density at radius 1 is 1.06 bits per heavy atom. The maximum absolute atomic E-state index is 5.93. The second-order valence-corrected chi connectivity index (χ2v) is 5.31. The third-order valence-electron chi connectivity index (χ3n) is 2.81. The average molecular weight is 230 g/mol. The fourth-order valence-corrected chi connectivity index (χ4v) is 2.21. The van der Waals surface area contributed by atoms with Gasteiger partial charge in [-0.05, 0) is 34.6 Å². The first-order chi connectivity index (χ1) is 7.41. The summed E-state index contributed by atoms with van der Waals surface area (Å²) in [7, 11) is 0. The average Bonchev–Trinajstić information content (AvgIpc) is 2.46. The van der Waals surface area contributed by atoms with Crippen molar-refractivity contribution < 1.29 is 14.2 Å². The van der Waals surface area contributed by atoms with Crippen molar-refractivity contribution in [3.8, 4) is 0 Å². The summed E-state index contributed by atoms with van der Waals surface area (Å²) in [6.07, 6.45) is 0.791. The standard InChI is InChI=1S/C13H26O3/c1-8(2)15-11(6)13-12(16-9(3)4)10(5)7-14-13/h8-13H,7H2,1-6H3/t10?,11?,12-,13-/m1/s1. The second kappa shape index (κ2) is 5.99. The molecule has 0 aromatic carbocycles. The predicted octanol–water partition coefficient (Wildman–Crippen LogP) is 2.63. The van der Waals surface area contributed by atoms with Gasteiger partial charge in [0.05, 0.1) is 31.0 Å². The van der Waals surface area contributed by atoms with E-state index in [1.807, 2.05) is 13.8 Å². The molecule has 2 unspecified atom stereocenters. The van der Waals surface area contributed by atoms with Gasteiger partial charge < -0.3 is 14.2 Å². The van der Waals surface area contributed by atoms with Gasteiger partial charge in [0.1, 0.15) is 6.10 Å². The summed E-state index contributed by atoms with van der Waals surface area (Å²) in [5, 5.41) is 0. The van der Waals surface area contributed by atoms with Crippen LogP contribution < -0.4 is 0 Å². The van der Waals surface area contributed by atoms with E-state index in [9.17, 15) is 0 Å². The zero-order valence-corrected chi connectivity index (χ0v) is 11.4. The van der Waals surface area contributed by atoms with Crippen LogP contribution in [0.5, 0.6) is 0 Å². The first-order valence-electron chi connectivity index (χ1n) is 6.34. The Kier molecular flexibility index (Phi) is 5.22. The molecule has 0 bridgehead atoms. The Morgan fingerprint density at radius 2 is 1.69 bits per heavy atom. The van der Waals surface area contributed by atoms with E-state index in [0.717, 1.165) is 6.61 Å². The van der Waals surface area contributed by atoms with Crippen molar-refractivity contribution in [3.63, 3.8) is 0 Å². The highest BCUT2D eigenvalue weighted by molar-refractivity contribution is 4.87. The molecule has 0 aliphatic carbocycles. The molecule has 1 fully saturated rings. The molecule has 1 aliphatic rings. The molecule has 16 heavy (non-hydrogen) atoms. The Bertz CT molecular complexity index is 203. The molecule has 0 amide bonds. The maximum atomic E-state index is 5.93. The third kappa shape index (κ3) is 3.72. The minimum Gasteiger partial charge on any atom is -0.373 e. The summed E-state index contributed by atoms with van der Waals surface area (Å²) >= 11 is 0. The van der Waals surface area contributed by atoms with Crippen LogP contribution in [0.25, 0.3) is 0 Å². The monoisotopic (exact) mass is 230 g/mol. The smallest absolute Gasteiger partial charge is 0.110 e. The number of hydrogen-bond acceptors (Lipinski definition) is 3. The minimum atomic E-state index is 0.0693. The molecule has 1 aliphatic heterocycles. The van der Waals surface area contributed by atoms with Crippen LogP contribution in [0.2, 0.25) is 0 Å². The van der Waals surface area contributed by atoms with Crippen molar-refractivity contribution in [3.05, 3.63) is 0 Å². The molecule has 0 N–H and O–H groups in total. The molecule has 0 saturated carbocycles. The number of ether oxygens (including phenoxy) is 3. The van der Waals surface area contributed by atoms with E-state index in [2.05, 4.69) is 27.7 Å². The lowest BCUT2D eigenvalue weighted by molar-refractivity contribution is -0.117. The Morgan fingerprint density at radius 3 is 2.19 bits per heavy atom.